The van der Waals surface area contributed by atoms with E-state index in [9.17, 15) is 18.1 Å². The maximum atomic E-state index is 13.5. The van der Waals surface area contributed by atoms with Crippen molar-refractivity contribution >= 4 is 15.9 Å². The Morgan fingerprint density at radius 1 is 1.32 bits per heavy atom. The van der Waals surface area contributed by atoms with Crippen molar-refractivity contribution in [2.24, 2.45) is 27.9 Å². The number of ether oxygens (including phenoxy) is 1. The first kappa shape index (κ1) is 22.0. The van der Waals surface area contributed by atoms with E-state index in [-0.39, 0.29) is 23.7 Å². The molecule has 2 atom stereocenters. The number of hydrogen-bond acceptors (Lipinski definition) is 5. The van der Waals surface area contributed by atoms with Gasteiger partial charge in [0.25, 0.3) is 0 Å². The predicted molar refractivity (Wildman–Crippen MR) is 115 cm³/mol. The Kier molecular flexibility index (Phi) is 5.30. The first-order valence-electron chi connectivity index (χ1n) is 10.7. The van der Waals surface area contributed by atoms with Crippen LogP contribution in [0, 0.1) is 41.9 Å². The SMILES string of the molecule is Cc1cc(F)ccc1OC(C)(C)/C(=N\C#N)NC1C2CC3CC1CC(S(N)(=O)=O)(C3)C2. The standard InChI is InChI=1S/C22H29FN4O3S/c1-13-6-17(23)4-5-18(13)30-21(2,3)20(26-12-24)27-19-15-7-14-8-16(19)11-22(9-14,10-15)31(25,28)29/h4-6,14-16,19H,7-11H2,1-3H3,(H,26,27)(H2,25,28,29). The quantitative estimate of drug-likeness (QED) is 0.408. The highest BCUT2D eigenvalue weighted by Gasteiger charge is 2.60. The summed E-state index contributed by atoms with van der Waals surface area (Å²) in [6.45, 7) is 5.37. The number of nitrogens with one attached hydrogen (secondary N) is 1. The summed E-state index contributed by atoms with van der Waals surface area (Å²) in [7, 11) is -3.63. The Labute approximate surface area is 182 Å². The Morgan fingerprint density at radius 3 is 2.52 bits per heavy atom. The summed E-state index contributed by atoms with van der Waals surface area (Å²) in [5, 5.41) is 18.4. The van der Waals surface area contributed by atoms with Crippen molar-refractivity contribution in [3.05, 3.63) is 29.6 Å². The number of amidine groups is 1. The average Bonchev–Trinajstić information content (AvgIpc) is 2.64. The molecule has 0 spiro atoms. The van der Waals surface area contributed by atoms with E-state index in [1.807, 2.05) is 6.19 Å². The predicted octanol–water partition coefficient (Wildman–Crippen LogP) is 3.00. The number of aryl methyl sites for hydroxylation is 1. The smallest absolute Gasteiger partial charge is 0.214 e. The van der Waals surface area contributed by atoms with Gasteiger partial charge in [-0.25, -0.2) is 17.9 Å². The normalized spacial score (nSPS) is 32.6. The average molecular weight is 449 g/mol. The lowest BCUT2D eigenvalue weighted by Crippen LogP contribution is -2.66. The van der Waals surface area contributed by atoms with E-state index in [0.717, 1.165) is 12.8 Å². The molecule has 4 fully saturated rings. The molecule has 5 rings (SSSR count). The second-order valence-corrected chi connectivity index (χ2v) is 11.9. The van der Waals surface area contributed by atoms with Gasteiger partial charge in [-0.2, -0.15) is 10.3 Å². The third kappa shape index (κ3) is 3.92. The van der Waals surface area contributed by atoms with Crippen LogP contribution in [-0.4, -0.2) is 30.6 Å². The number of rotatable bonds is 5. The van der Waals surface area contributed by atoms with Crippen LogP contribution in [0.5, 0.6) is 5.75 Å². The van der Waals surface area contributed by atoms with Crippen LogP contribution in [0.1, 0.15) is 51.5 Å². The van der Waals surface area contributed by atoms with E-state index in [1.165, 1.54) is 12.1 Å². The highest BCUT2D eigenvalue weighted by molar-refractivity contribution is 7.90. The largest absolute Gasteiger partial charge is 0.480 e. The first-order chi connectivity index (χ1) is 14.4. The number of sulfonamides is 1. The molecular formula is C22H29FN4O3S. The van der Waals surface area contributed by atoms with Crippen molar-refractivity contribution in [3.63, 3.8) is 0 Å². The van der Waals surface area contributed by atoms with Crippen LogP contribution < -0.4 is 15.2 Å². The lowest BCUT2D eigenvalue weighted by molar-refractivity contribution is 0.00435. The van der Waals surface area contributed by atoms with Crippen LogP contribution in [0.25, 0.3) is 0 Å². The molecular weight excluding hydrogens is 419 g/mol. The summed E-state index contributed by atoms with van der Waals surface area (Å²) in [4.78, 5) is 4.03. The molecule has 0 heterocycles. The molecule has 4 aliphatic rings. The van der Waals surface area contributed by atoms with Gasteiger partial charge in [0.1, 0.15) is 11.6 Å². The van der Waals surface area contributed by atoms with E-state index in [2.05, 4.69) is 10.3 Å². The minimum atomic E-state index is -3.63. The number of primary sulfonamides is 1. The minimum Gasteiger partial charge on any atom is -0.480 e. The van der Waals surface area contributed by atoms with Gasteiger partial charge in [-0.3, -0.25) is 0 Å². The molecule has 168 valence electrons. The zero-order valence-electron chi connectivity index (χ0n) is 18.1. The number of benzene rings is 1. The van der Waals surface area contributed by atoms with Gasteiger partial charge in [-0.05, 0) is 94.4 Å². The van der Waals surface area contributed by atoms with Crippen LogP contribution in [0.15, 0.2) is 23.2 Å². The Bertz CT molecular complexity index is 1050. The molecule has 9 heteroatoms. The fourth-order valence-electron chi connectivity index (χ4n) is 6.13. The molecule has 31 heavy (non-hydrogen) atoms. The summed E-state index contributed by atoms with van der Waals surface area (Å²) in [6.07, 6.45) is 5.48. The van der Waals surface area contributed by atoms with Gasteiger partial charge >= 0.3 is 0 Å². The summed E-state index contributed by atoms with van der Waals surface area (Å²) in [6, 6.07) is 4.30. The number of hydrogen-bond donors (Lipinski definition) is 2. The maximum absolute atomic E-state index is 13.5. The van der Waals surface area contributed by atoms with Gasteiger partial charge < -0.3 is 10.1 Å². The molecule has 0 aliphatic heterocycles. The fourth-order valence-corrected chi connectivity index (χ4v) is 7.49. The van der Waals surface area contributed by atoms with Crippen LogP contribution in [0.4, 0.5) is 4.39 Å². The monoisotopic (exact) mass is 448 g/mol. The lowest BCUT2D eigenvalue weighted by atomic mass is 9.53. The van der Waals surface area contributed by atoms with Crippen molar-refractivity contribution in [3.8, 4) is 11.9 Å². The van der Waals surface area contributed by atoms with Crippen LogP contribution in [-0.2, 0) is 10.0 Å². The lowest BCUT2D eigenvalue weighted by Gasteiger charge is -2.59. The van der Waals surface area contributed by atoms with Gasteiger partial charge in [0.2, 0.25) is 16.2 Å². The Hall–Kier alpha value is -2.18. The van der Waals surface area contributed by atoms with Crippen LogP contribution in [0.2, 0.25) is 0 Å². The number of nitriles is 1. The van der Waals surface area contributed by atoms with E-state index in [1.54, 1.807) is 26.8 Å². The van der Waals surface area contributed by atoms with E-state index < -0.39 is 20.4 Å². The second-order valence-electron chi connectivity index (χ2n) is 9.95. The Morgan fingerprint density at radius 2 is 1.97 bits per heavy atom. The van der Waals surface area contributed by atoms with Crippen molar-refractivity contribution in [1.29, 1.82) is 5.26 Å². The molecule has 0 aromatic heterocycles. The van der Waals surface area contributed by atoms with Gasteiger partial charge in [-0.15, -0.1) is 0 Å². The molecule has 1 aromatic rings. The van der Waals surface area contributed by atoms with E-state index in [4.69, 9.17) is 9.88 Å². The van der Waals surface area contributed by atoms with Gasteiger partial charge in [0.15, 0.2) is 11.4 Å². The number of nitrogens with two attached hydrogens (primary N) is 1. The number of nitrogens with zero attached hydrogens (tertiary/aromatic N) is 2. The topological polar surface area (TPSA) is 118 Å². The van der Waals surface area contributed by atoms with E-state index >= 15 is 0 Å². The summed E-state index contributed by atoms with van der Waals surface area (Å²) in [5.74, 6) is 1.23. The summed E-state index contributed by atoms with van der Waals surface area (Å²) < 4.78 is 43.5. The minimum absolute atomic E-state index is 0.00992. The van der Waals surface area contributed by atoms with Crippen LogP contribution >= 0.6 is 0 Å². The molecule has 0 amide bonds. The number of aliphatic imine (C=N–C) groups is 1. The molecule has 0 radical (unpaired) electrons. The molecule has 4 aliphatic carbocycles. The van der Waals surface area contributed by atoms with E-state index in [0.29, 0.717) is 42.3 Å². The van der Waals surface area contributed by atoms with Gasteiger partial charge in [0.05, 0.1) is 4.75 Å². The zero-order chi connectivity index (χ0) is 22.6. The van der Waals surface area contributed by atoms with Gasteiger partial charge in [0, 0.05) is 6.04 Å². The molecule has 0 saturated heterocycles. The first-order valence-corrected chi connectivity index (χ1v) is 12.2. The van der Waals surface area contributed by atoms with Crippen molar-refractivity contribution in [1.82, 2.24) is 5.32 Å². The third-order valence-electron chi connectivity index (χ3n) is 7.36. The zero-order valence-corrected chi connectivity index (χ0v) is 18.9. The third-order valence-corrected chi connectivity index (χ3v) is 9.07. The molecule has 4 bridgehead atoms. The van der Waals surface area contributed by atoms with Crippen molar-refractivity contribution in [2.45, 2.75) is 69.3 Å². The summed E-state index contributed by atoms with van der Waals surface area (Å²) in [5.41, 5.74) is -0.320. The maximum Gasteiger partial charge on any atom is 0.214 e. The van der Waals surface area contributed by atoms with Crippen LogP contribution in [0.3, 0.4) is 0 Å². The Balaban J connectivity index is 1.57. The highest BCUT2D eigenvalue weighted by Crippen LogP contribution is 2.58. The molecule has 1 aromatic carbocycles. The highest BCUT2D eigenvalue weighted by atomic mass is 32.2. The second kappa shape index (κ2) is 7.45. The molecule has 3 N–H and O–H groups in total. The van der Waals surface area contributed by atoms with Crippen molar-refractivity contribution < 1.29 is 17.5 Å². The molecule has 7 nitrogen and oxygen atoms in total. The summed E-state index contributed by atoms with van der Waals surface area (Å²) >= 11 is 0. The fraction of sp³-hybridized carbons (Fsp3) is 0.636. The van der Waals surface area contributed by atoms with Gasteiger partial charge in [-0.1, -0.05) is 0 Å². The van der Waals surface area contributed by atoms with Crippen molar-refractivity contribution in [2.75, 3.05) is 0 Å². The number of halogens is 1. The molecule has 4 saturated carbocycles. The molecule has 2 unspecified atom stereocenters.